The van der Waals surface area contributed by atoms with Gasteiger partial charge in [0.15, 0.2) is 0 Å². The number of nitrogens with zero attached hydrogens (tertiary/aromatic N) is 1. The van der Waals surface area contributed by atoms with Crippen LogP contribution in [0.1, 0.15) is 64.7 Å². The van der Waals surface area contributed by atoms with Crippen LogP contribution in [-0.4, -0.2) is 30.3 Å². The zero-order valence-electron chi connectivity index (χ0n) is 12.0. The predicted molar refractivity (Wildman–Crippen MR) is 75.7 cm³/mol. The lowest BCUT2D eigenvalue weighted by Crippen LogP contribution is -2.28. The van der Waals surface area contributed by atoms with Gasteiger partial charge in [0, 0.05) is 12.3 Å². The van der Waals surface area contributed by atoms with E-state index in [1.165, 1.54) is 45.2 Å². The van der Waals surface area contributed by atoms with Crippen LogP contribution in [0.15, 0.2) is 0 Å². The number of carbonyl (C=O) groups excluding carboxylic acids is 1. The van der Waals surface area contributed by atoms with Gasteiger partial charge >= 0.3 is 0 Å². The van der Waals surface area contributed by atoms with Crippen molar-refractivity contribution in [1.29, 1.82) is 0 Å². The Labute approximate surface area is 112 Å². The van der Waals surface area contributed by atoms with Gasteiger partial charge in [-0.05, 0) is 64.1 Å². The van der Waals surface area contributed by atoms with Gasteiger partial charge in [-0.15, -0.1) is 0 Å². The molecule has 0 aromatic rings. The molecule has 0 spiro atoms. The topological polar surface area (TPSA) is 20.3 Å². The Morgan fingerprint density at radius 2 is 2.00 bits per heavy atom. The second-order valence-corrected chi connectivity index (χ2v) is 6.27. The van der Waals surface area contributed by atoms with Gasteiger partial charge in [0.2, 0.25) is 0 Å². The molecular formula is C16H29NO. The first-order valence-electron chi connectivity index (χ1n) is 8.04. The van der Waals surface area contributed by atoms with Crippen LogP contribution in [0.25, 0.3) is 0 Å². The van der Waals surface area contributed by atoms with E-state index < -0.39 is 0 Å². The molecule has 2 heteroatoms. The first kappa shape index (κ1) is 14.0. The highest BCUT2D eigenvalue weighted by molar-refractivity contribution is 5.82. The Balaban J connectivity index is 1.68. The maximum atomic E-state index is 11.6. The third-order valence-electron chi connectivity index (χ3n) is 4.86. The van der Waals surface area contributed by atoms with E-state index in [1.807, 2.05) is 0 Å². The molecule has 1 aliphatic heterocycles. The Kier molecular flexibility index (Phi) is 5.68. The molecule has 2 atom stereocenters. The predicted octanol–water partition coefficient (Wildman–Crippen LogP) is 3.65. The van der Waals surface area contributed by atoms with Crippen LogP contribution in [0, 0.1) is 11.8 Å². The summed E-state index contributed by atoms with van der Waals surface area (Å²) in [6.45, 7) is 6.00. The van der Waals surface area contributed by atoms with Crippen LogP contribution in [-0.2, 0) is 4.79 Å². The van der Waals surface area contributed by atoms with E-state index in [2.05, 4.69) is 11.8 Å². The molecule has 0 amide bonds. The minimum absolute atomic E-state index is 0.402. The summed E-state index contributed by atoms with van der Waals surface area (Å²) < 4.78 is 0. The van der Waals surface area contributed by atoms with Gasteiger partial charge < -0.3 is 4.90 Å². The second-order valence-electron chi connectivity index (χ2n) is 6.27. The Bertz CT molecular complexity index is 264. The molecule has 2 rings (SSSR count). The highest BCUT2D eigenvalue weighted by Crippen LogP contribution is 2.26. The Morgan fingerprint density at radius 3 is 2.72 bits per heavy atom. The van der Waals surface area contributed by atoms with E-state index in [-0.39, 0.29) is 0 Å². The molecule has 18 heavy (non-hydrogen) atoms. The molecule has 1 heterocycles. The summed E-state index contributed by atoms with van der Waals surface area (Å²) in [4.78, 5) is 14.2. The van der Waals surface area contributed by atoms with Crippen molar-refractivity contribution in [3.8, 4) is 0 Å². The van der Waals surface area contributed by atoms with Crippen LogP contribution in [0.2, 0.25) is 0 Å². The van der Waals surface area contributed by atoms with Gasteiger partial charge in [0.1, 0.15) is 5.78 Å². The van der Waals surface area contributed by atoms with Gasteiger partial charge in [-0.25, -0.2) is 0 Å². The SMILES string of the molecule is CCCC1CCCN(CCC2CCCC2=O)CC1. The summed E-state index contributed by atoms with van der Waals surface area (Å²) in [6, 6.07) is 0. The van der Waals surface area contributed by atoms with E-state index in [4.69, 9.17) is 0 Å². The molecule has 2 aliphatic rings. The number of hydrogen-bond acceptors (Lipinski definition) is 2. The Morgan fingerprint density at radius 1 is 1.11 bits per heavy atom. The van der Waals surface area contributed by atoms with Gasteiger partial charge in [-0.2, -0.15) is 0 Å². The minimum Gasteiger partial charge on any atom is -0.303 e. The number of rotatable bonds is 5. The summed E-state index contributed by atoms with van der Waals surface area (Å²) >= 11 is 0. The number of hydrogen-bond donors (Lipinski definition) is 0. The van der Waals surface area contributed by atoms with Crippen LogP contribution in [0.3, 0.4) is 0 Å². The second kappa shape index (κ2) is 7.28. The van der Waals surface area contributed by atoms with E-state index in [1.54, 1.807) is 0 Å². The monoisotopic (exact) mass is 251 g/mol. The van der Waals surface area contributed by atoms with Crippen molar-refractivity contribution in [3.05, 3.63) is 0 Å². The van der Waals surface area contributed by atoms with Gasteiger partial charge in [0.05, 0.1) is 0 Å². The lowest BCUT2D eigenvalue weighted by Gasteiger charge is -2.21. The molecule has 1 aliphatic carbocycles. The van der Waals surface area contributed by atoms with E-state index in [0.717, 1.165) is 38.1 Å². The average molecular weight is 251 g/mol. The molecule has 1 saturated carbocycles. The Hall–Kier alpha value is -0.370. The normalized spacial score (nSPS) is 30.6. The molecule has 0 N–H and O–H groups in total. The summed E-state index contributed by atoms with van der Waals surface area (Å²) in [5.41, 5.74) is 0. The fourth-order valence-electron chi connectivity index (χ4n) is 3.68. The number of carbonyl (C=O) groups is 1. The molecule has 2 fully saturated rings. The van der Waals surface area contributed by atoms with E-state index >= 15 is 0 Å². The molecule has 2 unspecified atom stereocenters. The molecule has 1 saturated heterocycles. The molecule has 0 bridgehead atoms. The maximum absolute atomic E-state index is 11.6. The highest BCUT2D eigenvalue weighted by Gasteiger charge is 2.25. The van der Waals surface area contributed by atoms with Crippen LogP contribution < -0.4 is 0 Å². The maximum Gasteiger partial charge on any atom is 0.136 e. The molecule has 2 nitrogen and oxygen atoms in total. The lowest BCUT2D eigenvalue weighted by molar-refractivity contribution is -0.120. The molecule has 0 radical (unpaired) electrons. The van der Waals surface area contributed by atoms with Crippen molar-refractivity contribution in [2.75, 3.05) is 19.6 Å². The van der Waals surface area contributed by atoms with Crippen molar-refractivity contribution < 1.29 is 4.79 Å². The highest BCUT2D eigenvalue weighted by atomic mass is 16.1. The van der Waals surface area contributed by atoms with Crippen LogP contribution in [0.5, 0.6) is 0 Å². The fourth-order valence-corrected chi connectivity index (χ4v) is 3.68. The largest absolute Gasteiger partial charge is 0.303 e. The van der Waals surface area contributed by atoms with Crippen LogP contribution in [0.4, 0.5) is 0 Å². The van der Waals surface area contributed by atoms with Gasteiger partial charge in [-0.1, -0.05) is 19.8 Å². The fraction of sp³-hybridized carbons (Fsp3) is 0.938. The first-order chi connectivity index (χ1) is 8.79. The van der Waals surface area contributed by atoms with Crippen molar-refractivity contribution in [2.45, 2.75) is 64.7 Å². The lowest BCUT2D eigenvalue weighted by atomic mass is 9.96. The molecule has 0 aromatic carbocycles. The summed E-state index contributed by atoms with van der Waals surface area (Å²) in [5, 5.41) is 0. The molecule has 0 aromatic heterocycles. The third kappa shape index (κ3) is 4.08. The summed E-state index contributed by atoms with van der Waals surface area (Å²) in [6.07, 6.45) is 11.2. The quantitative estimate of drug-likeness (QED) is 0.743. The smallest absolute Gasteiger partial charge is 0.136 e. The van der Waals surface area contributed by atoms with Crippen molar-refractivity contribution in [1.82, 2.24) is 4.90 Å². The zero-order valence-corrected chi connectivity index (χ0v) is 12.0. The van der Waals surface area contributed by atoms with Crippen LogP contribution >= 0.6 is 0 Å². The van der Waals surface area contributed by atoms with Gasteiger partial charge in [-0.3, -0.25) is 4.79 Å². The summed E-state index contributed by atoms with van der Waals surface area (Å²) in [7, 11) is 0. The summed E-state index contributed by atoms with van der Waals surface area (Å²) in [5.74, 6) is 1.90. The number of likely N-dealkylation sites (tertiary alicyclic amines) is 1. The van der Waals surface area contributed by atoms with Crippen molar-refractivity contribution in [3.63, 3.8) is 0 Å². The van der Waals surface area contributed by atoms with Crippen molar-refractivity contribution >= 4 is 5.78 Å². The zero-order chi connectivity index (χ0) is 12.8. The van der Waals surface area contributed by atoms with E-state index in [0.29, 0.717) is 11.7 Å². The molecule has 104 valence electrons. The third-order valence-corrected chi connectivity index (χ3v) is 4.86. The standard InChI is InChI=1S/C16H29NO/c1-2-5-14-6-4-11-17(12-9-14)13-10-15-7-3-8-16(15)18/h14-15H,2-13H2,1H3. The van der Waals surface area contributed by atoms with Gasteiger partial charge in [0.25, 0.3) is 0 Å². The molecular weight excluding hydrogens is 222 g/mol. The first-order valence-corrected chi connectivity index (χ1v) is 8.04. The van der Waals surface area contributed by atoms with Crippen molar-refractivity contribution in [2.24, 2.45) is 11.8 Å². The average Bonchev–Trinajstić information content (AvgIpc) is 2.63. The minimum atomic E-state index is 0.402. The number of ketones is 1. The van der Waals surface area contributed by atoms with E-state index in [9.17, 15) is 4.79 Å². The number of Topliss-reactive ketones (excluding diaryl/α,β-unsaturated/α-hetero) is 1.